The Labute approximate surface area is 203 Å². The Morgan fingerprint density at radius 1 is 1.09 bits per heavy atom. The van der Waals surface area contributed by atoms with Crippen LogP contribution in [-0.4, -0.2) is 41.9 Å². The number of nitrogens with zero attached hydrogens (tertiary/aromatic N) is 3. The molecule has 1 amide bonds. The molecule has 2 aromatic carbocycles. The largest absolute Gasteiger partial charge is 0.341 e. The Morgan fingerprint density at radius 3 is 2.53 bits per heavy atom. The number of thiazole rings is 1. The van der Waals surface area contributed by atoms with Crippen LogP contribution in [0.15, 0.2) is 77.3 Å². The molecule has 1 fully saturated rings. The molecule has 1 aliphatic rings. The van der Waals surface area contributed by atoms with Crippen LogP contribution in [0.5, 0.6) is 0 Å². The smallest absolute Gasteiger partial charge is 0.263 e. The molecule has 5 rings (SSSR count). The summed E-state index contributed by atoms with van der Waals surface area (Å²) in [6.07, 6.45) is 5.26. The van der Waals surface area contributed by atoms with E-state index in [2.05, 4.69) is 15.8 Å². The third-order valence-electron chi connectivity index (χ3n) is 6.53. The summed E-state index contributed by atoms with van der Waals surface area (Å²) in [6, 6.07) is 16.9. The van der Waals surface area contributed by atoms with Crippen LogP contribution in [0.1, 0.15) is 37.3 Å². The maximum atomic E-state index is 13.2. The van der Waals surface area contributed by atoms with Crippen molar-refractivity contribution in [2.24, 2.45) is 0 Å². The Kier molecular flexibility index (Phi) is 6.14. The van der Waals surface area contributed by atoms with E-state index in [-0.39, 0.29) is 16.8 Å². The van der Waals surface area contributed by atoms with E-state index in [9.17, 15) is 13.2 Å². The molecule has 0 spiro atoms. The molecule has 0 bridgehead atoms. The van der Waals surface area contributed by atoms with E-state index in [1.165, 1.54) is 11.3 Å². The Bertz CT molecular complexity index is 1390. The summed E-state index contributed by atoms with van der Waals surface area (Å²) in [7, 11) is -3.65. The summed E-state index contributed by atoms with van der Waals surface area (Å²) in [5.41, 5.74) is 2.17. The first kappa shape index (κ1) is 22.6. The van der Waals surface area contributed by atoms with Crippen molar-refractivity contribution < 1.29 is 13.2 Å². The maximum Gasteiger partial charge on any atom is 0.263 e. The third-order valence-corrected chi connectivity index (χ3v) is 8.70. The van der Waals surface area contributed by atoms with E-state index < -0.39 is 10.0 Å². The SMILES string of the molecule is C[C@H](C(=O)N1CCC(c2ccc(S(=O)(=O)Nc3nccs3)cc2)CC1)n1ccc2ccccc21. The van der Waals surface area contributed by atoms with E-state index in [1.807, 2.05) is 59.0 Å². The van der Waals surface area contributed by atoms with Gasteiger partial charge in [0.25, 0.3) is 10.0 Å². The van der Waals surface area contributed by atoms with Crippen molar-refractivity contribution in [1.29, 1.82) is 0 Å². The van der Waals surface area contributed by atoms with Gasteiger partial charge in [-0.3, -0.25) is 9.52 Å². The van der Waals surface area contributed by atoms with Gasteiger partial charge in [0.05, 0.1) is 4.90 Å². The highest BCUT2D eigenvalue weighted by Crippen LogP contribution is 2.31. The average Bonchev–Trinajstić information content (AvgIpc) is 3.53. The number of para-hydroxylation sites is 1. The summed E-state index contributed by atoms with van der Waals surface area (Å²) in [5.74, 6) is 0.435. The van der Waals surface area contributed by atoms with Crippen LogP contribution in [0.25, 0.3) is 10.9 Å². The van der Waals surface area contributed by atoms with Crippen molar-refractivity contribution in [2.45, 2.75) is 36.6 Å². The molecule has 0 saturated carbocycles. The number of hydrogen-bond donors (Lipinski definition) is 1. The second-order valence-corrected chi connectivity index (χ2v) is 11.1. The number of fused-ring (bicyclic) bond motifs is 1. The van der Waals surface area contributed by atoms with Gasteiger partial charge in [0.2, 0.25) is 5.91 Å². The molecule has 176 valence electrons. The van der Waals surface area contributed by atoms with Gasteiger partial charge in [0, 0.05) is 36.4 Å². The first-order valence-corrected chi connectivity index (χ1v) is 13.7. The molecule has 34 heavy (non-hydrogen) atoms. The van der Waals surface area contributed by atoms with Gasteiger partial charge in [-0.15, -0.1) is 11.3 Å². The molecule has 0 radical (unpaired) electrons. The van der Waals surface area contributed by atoms with Crippen molar-refractivity contribution in [3.63, 3.8) is 0 Å². The number of carbonyl (C=O) groups excluding carboxylic acids is 1. The summed E-state index contributed by atoms with van der Waals surface area (Å²) in [4.78, 5) is 19.3. The zero-order valence-electron chi connectivity index (χ0n) is 18.8. The Hall–Kier alpha value is -3.17. The normalized spacial score (nSPS) is 16.0. The highest BCUT2D eigenvalue weighted by Gasteiger charge is 2.28. The van der Waals surface area contributed by atoms with Crippen LogP contribution in [0.2, 0.25) is 0 Å². The van der Waals surface area contributed by atoms with E-state index >= 15 is 0 Å². The number of anilines is 1. The van der Waals surface area contributed by atoms with E-state index in [0.717, 1.165) is 29.3 Å². The molecule has 3 heterocycles. The van der Waals surface area contributed by atoms with E-state index in [4.69, 9.17) is 0 Å². The molecule has 0 unspecified atom stereocenters. The minimum atomic E-state index is -3.65. The molecular weight excluding hydrogens is 468 g/mol. The van der Waals surface area contributed by atoms with Gasteiger partial charge < -0.3 is 9.47 Å². The van der Waals surface area contributed by atoms with Crippen LogP contribution in [-0.2, 0) is 14.8 Å². The summed E-state index contributed by atoms with van der Waals surface area (Å²) < 4.78 is 29.7. The number of likely N-dealkylation sites (tertiary alicyclic amines) is 1. The molecule has 1 aliphatic heterocycles. The van der Waals surface area contributed by atoms with Gasteiger partial charge in [0.1, 0.15) is 6.04 Å². The molecule has 9 heteroatoms. The molecular formula is C25H26N4O3S2. The number of piperidine rings is 1. The molecule has 1 N–H and O–H groups in total. The van der Waals surface area contributed by atoms with Gasteiger partial charge in [-0.1, -0.05) is 30.3 Å². The van der Waals surface area contributed by atoms with Gasteiger partial charge in [-0.05, 0) is 60.9 Å². The minimum Gasteiger partial charge on any atom is -0.341 e. The van der Waals surface area contributed by atoms with Crippen molar-refractivity contribution in [2.75, 3.05) is 17.8 Å². The number of benzene rings is 2. The lowest BCUT2D eigenvalue weighted by atomic mass is 9.89. The van der Waals surface area contributed by atoms with Crippen molar-refractivity contribution in [1.82, 2.24) is 14.5 Å². The second kappa shape index (κ2) is 9.23. The molecule has 1 atom stereocenters. The Morgan fingerprint density at radius 2 is 1.82 bits per heavy atom. The average molecular weight is 495 g/mol. The van der Waals surface area contributed by atoms with Crippen LogP contribution in [0, 0.1) is 0 Å². The number of nitrogens with one attached hydrogen (secondary N) is 1. The summed E-state index contributed by atoms with van der Waals surface area (Å²) >= 11 is 1.24. The van der Waals surface area contributed by atoms with Gasteiger partial charge in [-0.25, -0.2) is 13.4 Å². The highest BCUT2D eigenvalue weighted by molar-refractivity contribution is 7.93. The van der Waals surface area contributed by atoms with E-state index in [1.54, 1.807) is 23.7 Å². The lowest BCUT2D eigenvalue weighted by Crippen LogP contribution is -2.41. The number of hydrogen-bond acceptors (Lipinski definition) is 5. The van der Waals surface area contributed by atoms with Crippen LogP contribution in [0.4, 0.5) is 5.13 Å². The van der Waals surface area contributed by atoms with Crippen molar-refractivity contribution in [3.05, 3.63) is 77.9 Å². The van der Waals surface area contributed by atoms with Crippen molar-refractivity contribution in [3.8, 4) is 0 Å². The number of carbonyl (C=O) groups is 1. The number of sulfonamides is 1. The topological polar surface area (TPSA) is 84.3 Å². The summed E-state index contributed by atoms with van der Waals surface area (Å²) in [6.45, 7) is 3.34. The first-order valence-electron chi connectivity index (χ1n) is 11.3. The predicted octanol–water partition coefficient (Wildman–Crippen LogP) is 4.87. The highest BCUT2D eigenvalue weighted by atomic mass is 32.2. The second-order valence-electron chi connectivity index (χ2n) is 8.57. The lowest BCUT2D eigenvalue weighted by Gasteiger charge is -2.34. The molecule has 1 saturated heterocycles. The zero-order chi connectivity index (χ0) is 23.7. The fourth-order valence-corrected chi connectivity index (χ4v) is 6.41. The van der Waals surface area contributed by atoms with Crippen molar-refractivity contribution >= 4 is 43.3 Å². The predicted molar refractivity (Wildman–Crippen MR) is 135 cm³/mol. The fraction of sp³-hybridized carbons (Fsp3) is 0.280. The standard InChI is InChI=1S/C25H26N4O3S2/c1-18(29-16-12-21-4-2-3-5-23(21)29)24(30)28-14-10-20(11-15-28)19-6-8-22(9-7-19)34(31,32)27-25-26-13-17-33-25/h2-9,12-13,16-18,20H,10-11,14-15H2,1H3,(H,26,27)/t18-/m1/s1. The molecule has 4 aromatic rings. The van der Waals surface area contributed by atoms with Crippen LogP contribution >= 0.6 is 11.3 Å². The Balaban J connectivity index is 1.21. The number of aromatic nitrogens is 2. The number of rotatable bonds is 6. The van der Waals surface area contributed by atoms with Gasteiger partial charge in [0.15, 0.2) is 5.13 Å². The fourth-order valence-electron chi connectivity index (χ4n) is 4.63. The van der Waals surface area contributed by atoms with Gasteiger partial charge in [-0.2, -0.15) is 0 Å². The summed E-state index contributed by atoms with van der Waals surface area (Å²) in [5, 5.41) is 3.20. The maximum absolute atomic E-state index is 13.2. The van der Waals surface area contributed by atoms with Crippen LogP contribution in [0.3, 0.4) is 0 Å². The minimum absolute atomic E-state index is 0.134. The lowest BCUT2D eigenvalue weighted by molar-refractivity contribution is -0.135. The number of amides is 1. The zero-order valence-corrected chi connectivity index (χ0v) is 20.4. The third kappa shape index (κ3) is 4.45. The van der Waals surface area contributed by atoms with Gasteiger partial charge >= 0.3 is 0 Å². The molecule has 2 aromatic heterocycles. The monoisotopic (exact) mass is 494 g/mol. The molecule has 0 aliphatic carbocycles. The quantitative estimate of drug-likeness (QED) is 0.415. The van der Waals surface area contributed by atoms with Crippen LogP contribution < -0.4 is 4.72 Å². The first-order chi connectivity index (χ1) is 16.4. The molecule has 7 nitrogen and oxygen atoms in total. The van der Waals surface area contributed by atoms with E-state index in [0.29, 0.717) is 24.1 Å².